The average Bonchev–Trinajstić information content (AvgIpc) is 2.38. The lowest BCUT2D eigenvalue weighted by atomic mass is 9.99. The number of nitrogens with zero attached hydrogens (tertiary/aromatic N) is 2. The molecule has 1 aliphatic heterocycles. The van der Waals surface area contributed by atoms with Crippen molar-refractivity contribution in [1.29, 1.82) is 0 Å². The molecule has 0 saturated carbocycles. The monoisotopic (exact) mass is 382 g/mol. The molecule has 1 saturated heterocycles. The molecule has 114 valence electrons. The second-order valence-corrected chi connectivity index (χ2v) is 5.36. The quantitative estimate of drug-likeness (QED) is 0.321. The maximum atomic E-state index is 4.27. The number of halogens is 1. The van der Waals surface area contributed by atoms with Gasteiger partial charge in [0.2, 0.25) is 0 Å². The van der Waals surface area contributed by atoms with Crippen LogP contribution in [0.5, 0.6) is 0 Å². The fourth-order valence-corrected chi connectivity index (χ4v) is 2.48. The van der Waals surface area contributed by atoms with Crippen LogP contribution in [-0.2, 0) is 0 Å². The fraction of sp³-hybridized carbons (Fsp3) is 0.929. The van der Waals surface area contributed by atoms with Gasteiger partial charge in [0.25, 0.3) is 0 Å². The molecular weight excluding hydrogens is 351 g/mol. The molecule has 19 heavy (non-hydrogen) atoms. The zero-order valence-corrected chi connectivity index (χ0v) is 15.1. The normalized spacial score (nSPS) is 20.8. The highest BCUT2D eigenvalue weighted by Crippen LogP contribution is 2.13. The Morgan fingerprint density at radius 2 is 2.11 bits per heavy atom. The van der Waals surface area contributed by atoms with Gasteiger partial charge in [-0.05, 0) is 38.8 Å². The van der Waals surface area contributed by atoms with Crippen LogP contribution in [0.15, 0.2) is 4.99 Å². The molecule has 1 aliphatic rings. The smallest absolute Gasteiger partial charge is 0.190 e. The van der Waals surface area contributed by atoms with Gasteiger partial charge in [0.15, 0.2) is 5.96 Å². The first kappa shape index (κ1) is 19.0. The van der Waals surface area contributed by atoms with Crippen molar-refractivity contribution in [3.05, 3.63) is 0 Å². The number of hydrogen-bond donors (Lipinski definition) is 2. The lowest BCUT2D eigenvalue weighted by Gasteiger charge is -2.30. The van der Waals surface area contributed by atoms with E-state index in [0.29, 0.717) is 0 Å². The maximum absolute atomic E-state index is 4.27. The number of aliphatic imine (C=N–C) groups is 1. The molecule has 2 N–H and O–H groups in total. The first-order valence-electron chi connectivity index (χ1n) is 7.39. The summed E-state index contributed by atoms with van der Waals surface area (Å²) in [7, 11) is 4.06. The Hall–Kier alpha value is -0.0400. The number of nitrogens with one attached hydrogen (secondary N) is 2. The molecule has 0 aromatic carbocycles. The Morgan fingerprint density at radius 1 is 1.32 bits per heavy atom. The zero-order valence-electron chi connectivity index (χ0n) is 12.7. The number of rotatable bonds is 6. The van der Waals surface area contributed by atoms with Gasteiger partial charge in [-0.1, -0.05) is 19.8 Å². The van der Waals surface area contributed by atoms with Crippen molar-refractivity contribution in [2.24, 2.45) is 10.9 Å². The molecule has 0 aromatic rings. The predicted molar refractivity (Wildman–Crippen MR) is 94.5 cm³/mol. The van der Waals surface area contributed by atoms with Gasteiger partial charge < -0.3 is 15.5 Å². The summed E-state index contributed by atoms with van der Waals surface area (Å²) in [6.45, 7) is 6.75. The standard InChI is InChI=1S/C14H30N4.HI/c1-4-5-6-9-16-14(15-2)17-11-13-8-7-10-18(3)12-13;/h13H,4-12H2,1-3H3,(H2,15,16,17);1H. The van der Waals surface area contributed by atoms with Gasteiger partial charge in [0.05, 0.1) is 0 Å². The molecule has 1 unspecified atom stereocenters. The van der Waals surface area contributed by atoms with E-state index in [1.807, 2.05) is 7.05 Å². The van der Waals surface area contributed by atoms with Crippen molar-refractivity contribution in [3.63, 3.8) is 0 Å². The molecule has 0 radical (unpaired) electrons. The van der Waals surface area contributed by atoms with E-state index >= 15 is 0 Å². The van der Waals surface area contributed by atoms with Crippen molar-refractivity contribution in [3.8, 4) is 0 Å². The van der Waals surface area contributed by atoms with Crippen LogP contribution in [0, 0.1) is 5.92 Å². The maximum Gasteiger partial charge on any atom is 0.190 e. The van der Waals surface area contributed by atoms with E-state index in [9.17, 15) is 0 Å². The summed E-state index contributed by atoms with van der Waals surface area (Å²) in [6.07, 6.45) is 6.44. The third kappa shape index (κ3) is 8.68. The van der Waals surface area contributed by atoms with E-state index in [2.05, 4.69) is 34.5 Å². The molecule has 0 aromatic heterocycles. The van der Waals surface area contributed by atoms with Crippen LogP contribution in [0.25, 0.3) is 0 Å². The summed E-state index contributed by atoms with van der Waals surface area (Å²) in [6, 6.07) is 0. The largest absolute Gasteiger partial charge is 0.356 e. The van der Waals surface area contributed by atoms with E-state index < -0.39 is 0 Å². The van der Waals surface area contributed by atoms with Crippen LogP contribution in [0.4, 0.5) is 0 Å². The number of likely N-dealkylation sites (tertiary alicyclic amines) is 1. The average molecular weight is 382 g/mol. The molecule has 4 nitrogen and oxygen atoms in total. The van der Waals surface area contributed by atoms with Crippen LogP contribution in [0.1, 0.15) is 39.0 Å². The molecule has 1 heterocycles. The zero-order chi connectivity index (χ0) is 13.2. The van der Waals surface area contributed by atoms with Crippen LogP contribution in [0.3, 0.4) is 0 Å². The summed E-state index contributed by atoms with van der Waals surface area (Å²) >= 11 is 0. The van der Waals surface area contributed by atoms with Gasteiger partial charge in [0, 0.05) is 26.7 Å². The van der Waals surface area contributed by atoms with Crippen LogP contribution >= 0.6 is 24.0 Å². The Morgan fingerprint density at radius 3 is 2.74 bits per heavy atom. The van der Waals surface area contributed by atoms with E-state index in [1.54, 1.807) is 0 Å². The van der Waals surface area contributed by atoms with E-state index in [0.717, 1.165) is 25.0 Å². The highest BCUT2D eigenvalue weighted by molar-refractivity contribution is 14.0. The number of unbranched alkanes of at least 4 members (excludes halogenated alkanes) is 2. The lowest BCUT2D eigenvalue weighted by Crippen LogP contribution is -2.43. The molecule has 1 rings (SSSR count). The predicted octanol–water partition coefficient (Wildman–Crippen LogP) is 2.30. The van der Waals surface area contributed by atoms with Crippen molar-refractivity contribution in [2.45, 2.75) is 39.0 Å². The van der Waals surface area contributed by atoms with Crippen LogP contribution in [-0.4, -0.2) is 51.1 Å². The minimum Gasteiger partial charge on any atom is -0.356 e. The van der Waals surface area contributed by atoms with Crippen LogP contribution < -0.4 is 10.6 Å². The topological polar surface area (TPSA) is 39.7 Å². The summed E-state index contributed by atoms with van der Waals surface area (Å²) in [4.78, 5) is 6.69. The van der Waals surface area contributed by atoms with Gasteiger partial charge in [-0.3, -0.25) is 4.99 Å². The third-order valence-electron chi connectivity index (χ3n) is 3.58. The number of guanidine groups is 1. The second kappa shape index (κ2) is 11.8. The fourth-order valence-electron chi connectivity index (χ4n) is 2.48. The molecule has 5 heteroatoms. The minimum atomic E-state index is 0. The SMILES string of the molecule is CCCCCNC(=NC)NCC1CCCN(C)C1.I. The van der Waals surface area contributed by atoms with Crippen LogP contribution in [0.2, 0.25) is 0 Å². The Kier molecular flexibility index (Phi) is 11.7. The van der Waals surface area contributed by atoms with Gasteiger partial charge in [-0.25, -0.2) is 0 Å². The molecule has 0 aliphatic carbocycles. The van der Waals surface area contributed by atoms with Crippen molar-refractivity contribution < 1.29 is 0 Å². The number of hydrogen-bond acceptors (Lipinski definition) is 2. The van der Waals surface area contributed by atoms with Crippen molar-refractivity contribution in [1.82, 2.24) is 15.5 Å². The van der Waals surface area contributed by atoms with Crippen molar-refractivity contribution in [2.75, 3.05) is 40.3 Å². The van der Waals surface area contributed by atoms with E-state index in [1.165, 1.54) is 45.2 Å². The molecule has 0 bridgehead atoms. The van der Waals surface area contributed by atoms with E-state index in [-0.39, 0.29) is 24.0 Å². The lowest BCUT2D eigenvalue weighted by molar-refractivity contribution is 0.210. The molecule has 0 spiro atoms. The van der Waals surface area contributed by atoms with Gasteiger partial charge in [0.1, 0.15) is 0 Å². The second-order valence-electron chi connectivity index (χ2n) is 5.36. The molecular formula is C14H31IN4. The van der Waals surface area contributed by atoms with E-state index in [4.69, 9.17) is 0 Å². The van der Waals surface area contributed by atoms with Gasteiger partial charge in [-0.2, -0.15) is 0 Å². The van der Waals surface area contributed by atoms with Gasteiger partial charge >= 0.3 is 0 Å². The Bertz CT molecular complexity index is 246. The molecule has 1 fully saturated rings. The summed E-state index contributed by atoms with van der Waals surface area (Å²) in [5, 5.41) is 6.83. The Labute approximate surface area is 135 Å². The third-order valence-corrected chi connectivity index (χ3v) is 3.58. The minimum absolute atomic E-state index is 0. The van der Waals surface area contributed by atoms with Gasteiger partial charge in [-0.15, -0.1) is 24.0 Å². The summed E-state index contributed by atoms with van der Waals surface area (Å²) in [5.41, 5.74) is 0. The highest BCUT2D eigenvalue weighted by Gasteiger charge is 2.16. The molecule has 0 amide bonds. The number of piperidine rings is 1. The Balaban J connectivity index is 0.00000324. The summed E-state index contributed by atoms with van der Waals surface area (Å²) < 4.78 is 0. The summed E-state index contributed by atoms with van der Waals surface area (Å²) in [5.74, 6) is 1.72. The first-order chi connectivity index (χ1) is 8.76. The first-order valence-corrected chi connectivity index (χ1v) is 7.39. The highest BCUT2D eigenvalue weighted by atomic mass is 127. The molecule has 1 atom stereocenters. The van der Waals surface area contributed by atoms with Crippen molar-refractivity contribution >= 4 is 29.9 Å².